The molecule has 0 spiro atoms. The third kappa shape index (κ3) is 2.86. The van der Waals surface area contributed by atoms with Gasteiger partial charge in [-0.05, 0) is 29.6 Å². The quantitative estimate of drug-likeness (QED) is 0.666. The Morgan fingerprint density at radius 3 is 2.61 bits per heavy atom. The summed E-state index contributed by atoms with van der Waals surface area (Å²) in [4.78, 5) is 32.2. The van der Waals surface area contributed by atoms with Crippen molar-refractivity contribution >= 4 is 28.8 Å². The summed E-state index contributed by atoms with van der Waals surface area (Å²) in [5, 5.41) is 12.4. The Bertz CT molecular complexity index is 1060. The number of thiophene rings is 1. The van der Waals surface area contributed by atoms with Crippen LogP contribution in [0, 0.1) is 0 Å². The van der Waals surface area contributed by atoms with Gasteiger partial charge in [0.1, 0.15) is 17.6 Å². The summed E-state index contributed by atoms with van der Waals surface area (Å²) in [6, 6.07) is 14.8. The lowest BCUT2D eigenvalue weighted by molar-refractivity contribution is -0.117. The molecule has 0 aliphatic carbocycles. The summed E-state index contributed by atoms with van der Waals surface area (Å²) in [6.45, 7) is 0. The van der Waals surface area contributed by atoms with Gasteiger partial charge < -0.3 is 9.84 Å². The smallest absolute Gasteiger partial charge is 0.295 e. The molecule has 140 valence electrons. The molecule has 1 amide bonds. The van der Waals surface area contributed by atoms with Crippen LogP contribution in [0.25, 0.3) is 0 Å². The Hall–Kier alpha value is -3.45. The van der Waals surface area contributed by atoms with Crippen LogP contribution >= 0.6 is 11.3 Å². The van der Waals surface area contributed by atoms with Crippen molar-refractivity contribution in [3.8, 4) is 5.75 Å². The molecule has 0 unspecified atom stereocenters. The molecule has 1 aromatic carbocycles. The normalized spacial score (nSPS) is 16.5. The number of para-hydroxylation sites is 1. The summed E-state index contributed by atoms with van der Waals surface area (Å²) < 4.78 is 5.46. The minimum absolute atomic E-state index is 0.0163. The fourth-order valence-corrected chi connectivity index (χ4v) is 3.97. The van der Waals surface area contributed by atoms with E-state index in [9.17, 15) is 14.7 Å². The van der Waals surface area contributed by atoms with Crippen LogP contribution in [0.1, 0.15) is 21.3 Å². The molecule has 4 rings (SSSR count). The predicted octanol–water partition coefficient (Wildman–Crippen LogP) is 3.93. The average Bonchev–Trinajstić information content (AvgIpc) is 3.36. The number of nitrogens with zero attached hydrogens (tertiary/aromatic N) is 2. The second-order valence-corrected chi connectivity index (χ2v) is 7.02. The number of Topliss-reactive ketones (excluding diaryl/α,β-unsaturated/α-hetero) is 1. The molecule has 1 atom stereocenters. The summed E-state index contributed by atoms with van der Waals surface area (Å²) in [6.07, 6.45) is 1.55. The molecule has 3 heterocycles. The molecule has 1 aliphatic rings. The Labute approximate surface area is 165 Å². The number of amides is 1. The molecule has 1 aliphatic heterocycles. The first-order chi connectivity index (χ1) is 13.6. The summed E-state index contributed by atoms with van der Waals surface area (Å²) in [5.74, 6) is -0.791. The highest BCUT2D eigenvalue weighted by atomic mass is 32.1. The van der Waals surface area contributed by atoms with Crippen LogP contribution in [0.2, 0.25) is 0 Å². The zero-order valence-electron chi connectivity index (χ0n) is 14.9. The highest BCUT2D eigenvalue weighted by Gasteiger charge is 2.46. The number of aromatic nitrogens is 1. The van der Waals surface area contributed by atoms with Crippen molar-refractivity contribution in [2.45, 2.75) is 6.04 Å². The number of carbonyl (C=O) groups is 2. The Morgan fingerprint density at radius 2 is 1.93 bits per heavy atom. The van der Waals surface area contributed by atoms with Crippen LogP contribution in [0.4, 0.5) is 5.82 Å². The van der Waals surface area contributed by atoms with Crippen molar-refractivity contribution in [2.24, 2.45) is 0 Å². The molecular weight excluding hydrogens is 376 g/mol. The van der Waals surface area contributed by atoms with Crippen molar-refractivity contribution < 1.29 is 19.4 Å². The maximum Gasteiger partial charge on any atom is 0.295 e. The van der Waals surface area contributed by atoms with E-state index in [1.807, 2.05) is 0 Å². The predicted molar refractivity (Wildman–Crippen MR) is 106 cm³/mol. The van der Waals surface area contributed by atoms with Crippen molar-refractivity contribution in [3.05, 3.63) is 87.9 Å². The third-order valence-corrected chi connectivity index (χ3v) is 5.40. The minimum Gasteiger partial charge on any atom is -0.503 e. The van der Waals surface area contributed by atoms with Gasteiger partial charge in [0.25, 0.3) is 5.91 Å². The monoisotopic (exact) mass is 392 g/mol. The molecule has 0 fully saturated rings. The highest BCUT2D eigenvalue weighted by molar-refractivity contribution is 7.12. The number of ketones is 1. The van der Waals surface area contributed by atoms with Gasteiger partial charge in [-0.2, -0.15) is 0 Å². The van der Waals surface area contributed by atoms with Crippen molar-refractivity contribution in [1.82, 2.24) is 4.98 Å². The molecule has 0 saturated heterocycles. The second-order valence-electron chi connectivity index (χ2n) is 6.08. The zero-order valence-corrected chi connectivity index (χ0v) is 15.7. The van der Waals surface area contributed by atoms with E-state index in [-0.39, 0.29) is 5.57 Å². The first-order valence-electron chi connectivity index (χ1n) is 8.52. The molecule has 2 aromatic heterocycles. The maximum absolute atomic E-state index is 13.2. The first kappa shape index (κ1) is 17.9. The number of anilines is 1. The van der Waals surface area contributed by atoms with E-state index in [2.05, 4.69) is 4.98 Å². The summed E-state index contributed by atoms with van der Waals surface area (Å²) in [7, 11) is 1.52. The van der Waals surface area contributed by atoms with Crippen LogP contribution < -0.4 is 9.64 Å². The van der Waals surface area contributed by atoms with Gasteiger partial charge in [-0.25, -0.2) is 4.98 Å². The van der Waals surface area contributed by atoms with E-state index in [1.165, 1.54) is 23.3 Å². The lowest BCUT2D eigenvalue weighted by atomic mass is 9.94. The molecule has 7 heteroatoms. The zero-order chi connectivity index (χ0) is 19.7. The van der Waals surface area contributed by atoms with Crippen LogP contribution in [-0.2, 0) is 4.79 Å². The van der Waals surface area contributed by atoms with Gasteiger partial charge in [0.2, 0.25) is 5.78 Å². The fraction of sp³-hybridized carbons (Fsp3) is 0.0952. The van der Waals surface area contributed by atoms with Gasteiger partial charge in [-0.15, -0.1) is 11.3 Å². The van der Waals surface area contributed by atoms with Crippen molar-refractivity contribution in [3.63, 3.8) is 0 Å². The standard InChI is InChI=1S/C21H16N2O4S/c1-27-14-8-3-2-7-13(14)18-17(19(24)15-9-6-12-28-15)20(25)21(26)23(18)16-10-4-5-11-22-16/h2-12,18,25H,1H3/t18-/m0/s1. The topological polar surface area (TPSA) is 79.7 Å². The molecule has 6 nitrogen and oxygen atoms in total. The lowest BCUT2D eigenvalue weighted by Crippen LogP contribution is -2.31. The number of benzene rings is 1. The number of aliphatic hydroxyl groups is 1. The van der Waals surface area contributed by atoms with E-state index < -0.39 is 23.5 Å². The Balaban J connectivity index is 1.93. The number of hydrogen-bond acceptors (Lipinski definition) is 6. The average molecular weight is 392 g/mol. The number of carbonyl (C=O) groups excluding carboxylic acids is 2. The number of rotatable bonds is 5. The molecule has 28 heavy (non-hydrogen) atoms. The number of methoxy groups -OCH3 is 1. The Kier molecular flexibility index (Phi) is 4.67. The number of aliphatic hydroxyl groups excluding tert-OH is 1. The maximum atomic E-state index is 13.2. The molecule has 0 saturated carbocycles. The van der Waals surface area contributed by atoms with E-state index >= 15 is 0 Å². The van der Waals surface area contributed by atoms with Crippen LogP contribution in [0.5, 0.6) is 5.75 Å². The van der Waals surface area contributed by atoms with Crippen LogP contribution in [0.15, 0.2) is 77.5 Å². The summed E-state index contributed by atoms with van der Waals surface area (Å²) >= 11 is 1.25. The largest absolute Gasteiger partial charge is 0.503 e. The van der Waals surface area contributed by atoms with E-state index in [1.54, 1.807) is 66.2 Å². The minimum atomic E-state index is -0.854. The van der Waals surface area contributed by atoms with E-state index in [0.29, 0.717) is 22.0 Å². The van der Waals surface area contributed by atoms with Gasteiger partial charge in [-0.3, -0.25) is 14.5 Å². The van der Waals surface area contributed by atoms with Gasteiger partial charge >= 0.3 is 0 Å². The van der Waals surface area contributed by atoms with Gasteiger partial charge in [0.15, 0.2) is 5.76 Å². The first-order valence-corrected chi connectivity index (χ1v) is 9.40. The number of ether oxygens (including phenoxy) is 1. The van der Waals surface area contributed by atoms with Crippen LogP contribution in [0.3, 0.4) is 0 Å². The molecule has 0 bridgehead atoms. The molecule has 3 aromatic rings. The molecule has 0 radical (unpaired) electrons. The molecule has 1 N–H and O–H groups in total. The van der Waals surface area contributed by atoms with Crippen LogP contribution in [-0.4, -0.2) is 28.9 Å². The Morgan fingerprint density at radius 1 is 1.14 bits per heavy atom. The number of pyridine rings is 1. The second kappa shape index (κ2) is 7.28. The van der Waals surface area contributed by atoms with E-state index in [4.69, 9.17) is 4.74 Å². The SMILES string of the molecule is COc1ccccc1[C@H]1C(C(=O)c2cccs2)=C(O)C(=O)N1c1ccccn1. The van der Waals surface area contributed by atoms with E-state index in [0.717, 1.165) is 0 Å². The summed E-state index contributed by atoms with van der Waals surface area (Å²) in [5.41, 5.74) is 0.607. The fourth-order valence-electron chi connectivity index (χ4n) is 3.30. The van der Waals surface area contributed by atoms with Crippen molar-refractivity contribution in [1.29, 1.82) is 0 Å². The number of hydrogen-bond donors (Lipinski definition) is 1. The van der Waals surface area contributed by atoms with Gasteiger partial charge in [0.05, 0.1) is 17.6 Å². The third-order valence-electron chi connectivity index (χ3n) is 4.53. The lowest BCUT2D eigenvalue weighted by Gasteiger charge is -2.27. The van der Waals surface area contributed by atoms with Gasteiger partial charge in [0, 0.05) is 11.8 Å². The van der Waals surface area contributed by atoms with Crippen molar-refractivity contribution in [2.75, 3.05) is 12.0 Å². The molecular formula is C21H16N2O4S. The van der Waals surface area contributed by atoms with Gasteiger partial charge in [-0.1, -0.05) is 30.3 Å². The highest BCUT2D eigenvalue weighted by Crippen LogP contribution is 2.44.